The average Bonchev–Trinajstić information content (AvgIpc) is 3.35. The van der Waals surface area contributed by atoms with E-state index in [1.807, 2.05) is 0 Å². The Balaban J connectivity index is 1.43. The number of carbonyl (C=O) groups excluding carboxylic acids is 4. The van der Waals surface area contributed by atoms with Crippen molar-refractivity contribution in [2.45, 2.75) is 25.5 Å². The molecule has 0 saturated carbocycles. The maximum atomic E-state index is 12.7. The zero-order valence-corrected chi connectivity index (χ0v) is 16.1. The molecule has 2 aromatic rings. The molecule has 1 fully saturated rings. The molecule has 0 aliphatic carbocycles. The number of imide groups is 1. The van der Waals surface area contributed by atoms with Crippen LogP contribution in [0.25, 0.3) is 0 Å². The Kier molecular flexibility index (Phi) is 5.33. The molecule has 0 bridgehead atoms. The molecule has 0 radical (unpaired) electrons. The third-order valence-corrected chi connectivity index (χ3v) is 5.29. The van der Waals surface area contributed by atoms with E-state index in [1.165, 1.54) is 35.2 Å². The molecule has 1 atom stereocenters. The Morgan fingerprint density at radius 1 is 1.03 bits per heavy atom. The fourth-order valence-corrected chi connectivity index (χ4v) is 3.63. The lowest BCUT2D eigenvalue weighted by molar-refractivity contribution is -0.255. The molecule has 1 N–H and O–H groups in total. The summed E-state index contributed by atoms with van der Waals surface area (Å²) >= 11 is 0. The number of amides is 3. The number of hydrogen-bond acceptors (Lipinski definition) is 6. The summed E-state index contributed by atoms with van der Waals surface area (Å²) in [6.45, 7) is 1.03. The normalized spacial score (nSPS) is 17.9. The highest BCUT2D eigenvalue weighted by molar-refractivity contribution is 6.22. The van der Waals surface area contributed by atoms with Crippen molar-refractivity contribution in [3.8, 4) is 0 Å². The van der Waals surface area contributed by atoms with Gasteiger partial charge in [-0.25, -0.2) is 0 Å². The van der Waals surface area contributed by atoms with Crippen LogP contribution in [0.2, 0.25) is 0 Å². The monoisotopic (exact) mass is 407 g/mol. The SMILES string of the molecule is O=C([O-])c1ccc(CNC(=O)c2ccc3c(c2)C(=O)N(C[C@H]2CCCO2)C3=O)cc1. The van der Waals surface area contributed by atoms with Crippen LogP contribution in [0.15, 0.2) is 42.5 Å². The maximum absolute atomic E-state index is 12.7. The maximum Gasteiger partial charge on any atom is 0.261 e. The average molecular weight is 407 g/mol. The molecule has 8 nitrogen and oxygen atoms in total. The van der Waals surface area contributed by atoms with Gasteiger partial charge in [-0.05, 0) is 42.2 Å². The third kappa shape index (κ3) is 3.81. The molecule has 2 heterocycles. The summed E-state index contributed by atoms with van der Waals surface area (Å²) in [5.41, 5.74) is 1.53. The van der Waals surface area contributed by atoms with E-state index in [9.17, 15) is 24.3 Å². The summed E-state index contributed by atoms with van der Waals surface area (Å²) in [5, 5.41) is 13.5. The van der Waals surface area contributed by atoms with Gasteiger partial charge in [-0.1, -0.05) is 24.3 Å². The highest BCUT2D eigenvalue weighted by atomic mass is 16.5. The van der Waals surface area contributed by atoms with Crippen molar-refractivity contribution in [2.24, 2.45) is 0 Å². The van der Waals surface area contributed by atoms with E-state index in [4.69, 9.17) is 4.74 Å². The number of carboxylic acids is 1. The summed E-state index contributed by atoms with van der Waals surface area (Å²) in [4.78, 5) is 49.7. The van der Waals surface area contributed by atoms with E-state index in [0.717, 1.165) is 12.8 Å². The van der Waals surface area contributed by atoms with Crippen molar-refractivity contribution >= 4 is 23.7 Å². The van der Waals surface area contributed by atoms with E-state index in [1.54, 1.807) is 12.1 Å². The van der Waals surface area contributed by atoms with Crippen LogP contribution < -0.4 is 10.4 Å². The number of rotatable bonds is 6. The number of hydrogen-bond donors (Lipinski definition) is 1. The van der Waals surface area contributed by atoms with E-state index in [0.29, 0.717) is 12.2 Å². The highest BCUT2D eigenvalue weighted by Crippen LogP contribution is 2.26. The zero-order chi connectivity index (χ0) is 21.3. The number of aromatic carboxylic acids is 1. The molecule has 2 aliphatic heterocycles. The molecule has 0 aromatic heterocycles. The molecule has 1 saturated heterocycles. The third-order valence-electron chi connectivity index (χ3n) is 5.29. The van der Waals surface area contributed by atoms with Gasteiger partial charge in [-0.15, -0.1) is 0 Å². The van der Waals surface area contributed by atoms with Crippen LogP contribution in [0.3, 0.4) is 0 Å². The van der Waals surface area contributed by atoms with Crippen LogP contribution in [0.4, 0.5) is 0 Å². The Bertz CT molecular complexity index is 1020. The number of nitrogens with zero attached hydrogens (tertiary/aromatic N) is 1. The van der Waals surface area contributed by atoms with Crippen LogP contribution >= 0.6 is 0 Å². The summed E-state index contributed by atoms with van der Waals surface area (Å²) in [7, 11) is 0. The molecule has 154 valence electrons. The van der Waals surface area contributed by atoms with Crippen molar-refractivity contribution in [1.29, 1.82) is 0 Å². The fourth-order valence-electron chi connectivity index (χ4n) is 3.63. The molecule has 8 heteroatoms. The highest BCUT2D eigenvalue weighted by Gasteiger charge is 2.37. The lowest BCUT2D eigenvalue weighted by atomic mass is 10.1. The Morgan fingerprint density at radius 2 is 1.73 bits per heavy atom. The smallest absolute Gasteiger partial charge is 0.261 e. The predicted molar refractivity (Wildman–Crippen MR) is 103 cm³/mol. The predicted octanol–water partition coefficient (Wildman–Crippen LogP) is 0.755. The van der Waals surface area contributed by atoms with Crippen LogP contribution in [0.5, 0.6) is 0 Å². The van der Waals surface area contributed by atoms with Gasteiger partial charge in [0.15, 0.2) is 0 Å². The first-order chi connectivity index (χ1) is 14.4. The number of ether oxygens (including phenoxy) is 1. The molecule has 0 spiro atoms. The van der Waals surface area contributed by atoms with Crippen LogP contribution in [0.1, 0.15) is 59.8 Å². The van der Waals surface area contributed by atoms with Gasteiger partial charge in [0, 0.05) is 18.7 Å². The van der Waals surface area contributed by atoms with Crippen LogP contribution in [-0.4, -0.2) is 47.8 Å². The summed E-state index contributed by atoms with van der Waals surface area (Å²) in [6.07, 6.45) is 1.58. The second-order valence-corrected chi connectivity index (χ2v) is 7.28. The number of benzene rings is 2. The molecule has 30 heavy (non-hydrogen) atoms. The number of carbonyl (C=O) groups is 4. The van der Waals surface area contributed by atoms with Gasteiger partial charge in [0.2, 0.25) is 0 Å². The Hall–Kier alpha value is -3.52. The van der Waals surface area contributed by atoms with E-state index >= 15 is 0 Å². The van der Waals surface area contributed by atoms with Crippen LogP contribution in [0, 0.1) is 0 Å². The standard InChI is InChI=1S/C22H20N2O6/c25-19(23-11-13-3-5-14(6-4-13)22(28)29)15-7-8-17-18(10-15)21(27)24(20(17)26)12-16-2-1-9-30-16/h3-8,10,16H,1-2,9,11-12H2,(H,23,25)(H,28,29)/p-1/t16-/m1/s1. The lowest BCUT2D eigenvalue weighted by Crippen LogP contribution is -2.36. The van der Waals surface area contributed by atoms with Gasteiger partial charge in [-0.3, -0.25) is 19.3 Å². The van der Waals surface area contributed by atoms with E-state index in [2.05, 4.69) is 5.32 Å². The Morgan fingerprint density at radius 3 is 2.40 bits per heavy atom. The van der Waals surface area contributed by atoms with Crippen LogP contribution in [-0.2, 0) is 11.3 Å². The molecular weight excluding hydrogens is 388 g/mol. The largest absolute Gasteiger partial charge is 0.545 e. The van der Waals surface area contributed by atoms with Gasteiger partial charge in [0.25, 0.3) is 17.7 Å². The second-order valence-electron chi connectivity index (χ2n) is 7.28. The molecular formula is C22H19N2O6-. The second kappa shape index (κ2) is 8.08. The first-order valence-corrected chi connectivity index (χ1v) is 9.64. The molecule has 0 unspecified atom stereocenters. The zero-order valence-electron chi connectivity index (χ0n) is 16.1. The minimum absolute atomic E-state index is 0.0550. The van der Waals surface area contributed by atoms with E-state index < -0.39 is 17.8 Å². The topological polar surface area (TPSA) is 116 Å². The van der Waals surface area contributed by atoms with Crippen molar-refractivity contribution < 1.29 is 29.0 Å². The minimum atomic E-state index is -1.27. The summed E-state index contributed by atoms with van der Waals surface area (Å²) < 4.78 is 5.52. The van der Waals surface area contributed by atoms with Crippen molar-refractivity contribution in [3.63, 3.8) is 0 Å². The molecule has 4 rings (SSSR count). The van der Waals surface area contributed by atoms with Gasteiger partial charge >= 0.3 is 0 Å². The first-order valence-electron chi connectivity index (χ1n) is 9.64. The van der Waals surface area contributed by atoms with Crippen molar-refractivity contribution in [3.05, 3.63) is 70.3 Å². The number of nitrogens with one attached hydrogen (secondary N) is 1. The minimum Gasteiger partial charge on any atom is -0.545 e. The number of fused-ring (bicyclic) bond motifs is 1. The molecule has 3 amide bonds. The fraction of sp³-hybridized carbons (Fsp3) is 0.273. The quantitative estimate of drug-likeness (QED) is 0.707. The van der Waals surface area contributed by atoms with Gasteiger partial charge in [-0.2, -0.15) is 0 Å². The first kappa shape index (κ1) is 19.8. The van der Waals surface area contributed by atoms with Gasteiger partial charge in [0.1, 0.15) is 0 Å². The summed E-state index contributed by atoms with van der Waals surface area (Å²) in [6, 6.07) is 10.4. The van der Waals surface area contributed by atoms with Crippen molar-refractivity contribution in [1.82, 2.24) is 10.2 Å². The number of carboxylic acid groups (broad SMARTS) is 1. The van der Waals surface area contributed by atoms with Gasteiger partial charge < -0.3 is 20.0 Å². The molecule has 2 aliphatic rings. The lowest BCUT2D eigenvalue weighted by Gasteiger charge is -2.17. The van der Waals surface area contributed by atoms with E-state index in [-0.39, 0.29) is 47.4 Å². The summed E-state index contributed by atoms with van der Waals surface area (Å²) in [5.74, 6) is -2.46. The molecule has 2 aromatic carbocycles. The van der Waals surface area contributed by atoms with Crippen molar-refractivity contribution in [2.75, 3.05) is 13.2 Å². The van der Waals surface area contributed by atoms with Gasteiger partial charge in [0.05, 0.1) is 29.7 Å². The Labute approximate surface area is 172 Å².